The Bertz CT molecular complexity index is 1490. The normalized spacial score (nSPS) is 12.5. The molecule has 0 aromatic heterocycles. The lowest BCUT2D eigenvalue weighted by atomic mass is 10.00. The molecule has 0 aliphatic rings. The van der Waals surface area contributed by atoms with Gasteiger partial charge in [-0.3, -0.25) is 13.9 Å². The number of carbonyl (C=O) groups is 2. The average molecular weight is 653 g/mol. The van der Waals surface area contributed by atoms with Crippen LogP contribution in [-0.2, 0) is 32.6 Å². The van der Waals surface area contributed by atoms with Crippen LogP contribution in [0.2, 0.25) is 15.1 Å². The van der Waals surface area contributed by atoms with E-state index in [0.717, 1.165) is 16.1 Å². The fraction of sp³-hybridized carbons (Fsp3) is 0.355. The molecule has 0 bridgehead atoms. The van der Waals surface area contributed by atoms with Gasteiger partial charge in [0, 0.05) is 41.5 Å². The third kappa shape index (κ3) is 9.90. The Labute approximate surface area is 263 Å². The Morgan fingerprint density at radius 3 is 2.17 bits per heavy atom. The summed E-state index contributed by atoms with van der Waals surface area (Å²) in [7, 11) is -3.74. The molecule has 0 heterocycles. The lowest BCUT2D eigenvalue weighted by Gasteiger charge is -2.34. The molecule has 11 heteroatoms. The number of hydrogen-bond donors (Lipinski definition) is 1. The summed E-state index contributed by atoms with van der Waals surface area (Å²) in [6.07, 6.45) is 1.50. The number of amides is 2. The average Bonchev–Trinajstić information content (AvgIpc) is 2.90. The van der Waals surface area contributed by atoms with Gasteiger partial charge in [-0.25, -0.2) is 8.42 Å². The van der Waals surface area contributed by atoms with E-state index >= 15 is 0 Å². The Balaban J connectivity index is 1.93. The molecule has 3 rings (SSSR count). The highest BCUT2D eigenvalue weighted by Gasteiger charge is 2.32. The largest absolute Gasteiger partial charge is 0.350 e. The molecule has 1 atom stereocenters. The van der Waals surface area contributed by atoms with Gasteiger partial charge in [0.1, 0.15) is 6.04 Å². The van der Waals surface area contributed by atoms with Crippen molar-refractivity contribution in [1.29, 1.82) is 0 Å². The summed E-state index contributed by atoms with van der Waals surface area (Å²) < 4.78 is 26.5. The zero-order valence-electron chi connectivity index (χ0n) is 24.1. The highest BCUT2D eigenvalue weighted by Crippen LogP contribution is 2.31. The Kier molecular flexibility index (Phi) is 11.7. The molecule has 1 N–H and O–H groups in total. The molecule has 0 fully saturated rings. The van der Waals surface area contributed by atoms with Gasteiger partial charge in [-0.15, -0.1) is 0 Å². The highest BCUT2D eigenvalue weighted by atomic mass is 35.5. The molecular weight excluding hydrogens is 617 g/mol. The standard InChI is InChI=1S/C31H36Cl3N3O4S/c1-31(2,3)35-30(39)28(19-22-11-6-5-7-12-22)36(21-23-13-8-9-14-25(23)33)29(38)15-10-18-37(42(4,40)41)27-20-24(32)16-17-26(27)34/h5-9,11-14,16-17,20,28H,10,15,18-19,21H2,1-4H3,(H,35,39)/t28-/m0/s1. The molecule has 0 saturated carbocycles. The van der Waals surface area contributed by atoms with Crippen molar-refractivity contribution in [3.8, 4) is 0 Å². The number of anilines is 1. The summed E-state index contributed by atoms with van der Waals surface area (Å²) in [5, 5.41) is 4.05. The van der Waals surface area contributed by atoms with E-state index < -0.39 is 21.6 Å². The lowest BCUT2D eigenvalue weighted by Crippen LogP contribution is -2.54. The summed E-state index contributed by atoms with van der Waals surface area (Å²) >= 11 is 18.9. The van der Waals surface area contributed by atoms with Crippen LogP contribution in [-0.4, -0.2) is 49.5 Å². The predicted octanol–water partition coefficient (Wildman–Crippen LogP) is 6.75. The van der Waals surface area contributed by atoms with Crippen molar-refractivity contribution < 1.29 is 18.0 Å². The number of benzene rings is 3. The summed E-state index contributed by atoms with van der Waals surface area (Å²) in [5.74, 6) is -0.610. The molecule has 0 unspecified atom stereocenters. The smallest absolute Gasteiger partial charge is 0.243 e. The van der Waals surface area contributed by atoms with Gasteiger partial charge in [-0.2, -0.15) is 0 Å². The number of nitrogens with one attached hydrogen (secondary N) is 1. The van der Waals surface area contributed by atoms with Crippen molar-refractivity contribution in [2.45, 2.75) is 58.2 Å². The van der Waals surface area contributed by atoms with Crippen LogP contribution < -0.4 is 9.62 Å². The van der Waals surface area contributed by atoms with Crippen LogP contribution in [0.5, 0.6) is 0 Å². The molecule has 7 nitrogen and oxygen atoms in total. The number of rotatable bonds is 12. The summed E-state index contributed by atoms with van der Waals surface area (Å²) in [6.45, 7) is 5.73. The van der Waals surface area contributed by atoms with Crippen LogP contribution in [0.15, 0.2) is 72.8 Å². The first-order valence-corrected chi connectivity index (χ1v) is 16.5. The molecule has 42 heavy (non-hydrogen) atoms. The first kappa shape index (κ1) is 33.7. The number of carbonyl (C=O) groups excluding carboxylic acids is 2. The number of hydrogen-bond acceptors (Lipinski definition) is 4. The van der Waals surface area contributed by atoms with Gasteiger partial charge in [-0.1, -0.05) is 83.3 Å². The van der Waals surface area contributed by atoms with E-state index in [1.165, 1.54) is 17.0 Å². The maximum Gasteiger partial charge on any atom is 0.243 e. The van der Waals surface area contributed by atoms with Gasteiger partial charge in [0.05, 0.1) is 17.0 Å². The monoisotopic (exact) mass is 651 g/mol. The molecule has 226 valence electrons. The molecule has 0 aliphatic heterocycles. The number of halogens is 3. The van der Waals surface area contributed by atoms with Crippen LogP contribution in [0.4, 0.5) is 5.69 Å². The minimum Gasteiger partial charge on any atom is -0.350 e. The van der Waals surface area contributed by atoms with Crippen molar-refractivity contribution in [1.82, 2.24) is 10.2 Å². The van der Waals surface area contributed by atoms with Gasteiger partial charge in [0.2, 0.25) is 21.8 Å². The van der Waals surface area contributed by atoms with Crippen molar-refractivity contribution in [3.63, 3.8) is 0 Å². The van der Waals surface area contributed by atoms with Gasteiger partial charge in [0.25, 0.3) is 0 Å². The first-order chi connectivity index (χ1) is 19.7. The summed E-state index contributed by atoms with van der Waals surface area (Å²) in [5.41, 5.74) is 1.29. The van der Waals surface area contributed by atoms with Crippen molar-refractivity contribution in [2.75, 3.05) is 17.1 Å². The second-order valence-corrected chi connectivity index (χ2v) is 14.2. The molecule has 3 aromatic rings. The molecule has 3 aromatic carbocycles. The maximum atomic E-state index is 13.9. The van der Waals surface area contributed by atoms with E-state index in [1.54, 1.807) is 18.2 Å². The Hall–Kier alpha value is -2.78. The van der Waals surface area contributed by atoms with E-state index in [2.05, 4.69) is 5.32 Å². The zero-order valence-corrected chi connectivity index (χ0v) is 27.2. The fourth-order valence-corrected chi connectivity index (χ4v) is 6.08. The third-order valence-electron chi connectivity index (χ3n) is 6.40. The molecule has 0 aliphatic carbocycles. The summed E-state index contributed by atoms with van der Waals surface area (Å²) in [6, 6.07) is 20.4. The van der Waals surface area contributed by atoms with Crippen molar-refractivity contribution in [3.05, 3.63) is 99.0 Å². The second kappa shape index (κ2) is 14.6. The molecule has 0 saturated heterocycles. The third-order valence-corrected chi connectivity index (χ3v) is 8.50. The predicted molar refractivity (Wildman–Crippen MR) is 172 cm³/mol. The van der Waals surface area contributed by atoms with E-state index in [4.69, 9.17) is 34.8 Å². The van der Waals surface area contributed by atoms with Gasteiger partial charge in [0.15, 0.2) is 0 Å². The lowest BCUT2D eigenvalue weighted by molar-refractivity contribution is -0.142. The van der Waals surface area contributed by atoms with Crippen LogP contribution >= 0.6 is 34.8 Å². The Morgan fingerprint density at radius 1 is 0.905 bits per heavy atom. The highest BCUT2D eigenvalue weighted by molar-refractivity contribution is 7.92. The molecule has 0 spiro atoms. The van der Waals surface area contributed by atoms with Gasteiger partial charge >= 0.3 is 0 Å². The minimum absolute atomic E-state index is 0.0118. The van der Waals surface area contributed by atoms with E-state index in [1.807, 2.05) is 63.2 Å². The maximum absolute atomic E-state index is 13.9. The van der Waals surface area contributed by atoms with Crippen LogP contribution in [0, 0.1) is 0 Å². The van der Waals surface area contributed by atoms with Crippen molar-refractivity contribution in [2.24, 2.45) is 0 Å². The van der Waals surface area contributed by atoms with E-state index in [9.17, 15) is 18.0 Å². The van der Waals surface area contributed by atoms with Gasteiger partial charge in [-0.05, 0) is 62.6 Å². The number of sulfonamides is 1. The second-order valence-electron chi connectivity index (χ2n) is 11.1. The zero-order chi connectivity index (χ0) is 31.1. The Morgan fingerprint density at radius 2 is 1.55 bits per heavy atom. The van der Waals surface area contributed by atoms with E-state index in [-0.39, 0.29) is 54.9 Å². The number of nitrogens with zero attached hydrogens (tertiary/aromatic N) is 2. The van der Waals surface area contributed by atoms with Crippen LogP contribution in [0.1, 0.15) is 44.7 Å². The van der Waals surface area contributed by atoms with Crippen LogP contribution in [0.25, 0.3) is 0 Å². The van der Waals surface area contributed by atoms with Crippen LogP contribution in [0.3, 0.4) is 0 Å². The topological polar surface area (TPSA) is 86.8 Å². The van der Waals surface area contributed by atoms with E-state index in [0.29, 0.717) is 15.6 Å². The molecular formula is C31H36Cl3N3O4S. The minimum atomic E-state index is -3.74. The first-order valence-electron chi connectivity index (χ1n) is 13.5. The molecule has 2 amide bonds. The molecule has 0 radical (unpaired) electrons. The van der Waals surface area contributed by atoms with Gasteiger partial charge < -0.3 is 10.2 Å². The fourth-order valence-electron chi connectivity index (χ4n) is 4.48. The summed E-state index contributed by atoms with van der Waals surface area (Å²) in [4.78, 5) is 29.2. The SMILES string of the molecule is CC(C)(C)NC(=O)[C@H](Cc1ccccc1)N(Cc1ccccc1Cl)C(=O)CCCN(c1cc(Cl)ccc1Cl)S(C)(=O)=O. The quantitative estimate of drug-likeness (QED) is 0.235. The van der Waals surface area contributed by atoms with Crippen molar-refractivity contribution >= 4 is 62.3 Å².